The average Bonchev–Trinajstić information content (AvgIpc) is 2.11. The van der Waals surface area contributed by atoms with Crippen LogP contribution < -0.4 is 0 Å². The lowest BCUT2D eigenvalue weighted by atomic mass is 9.88. The third kappa shape index (κ3) is 7.84. The van der Waals surface area contributed by atoms with E-state index in [0.29, 0.717) is 0 Å². The predicted molar refractivity (Wildman–Crippen MR) is 59.5 cm³/mol. The fourth-order valence-electron chi connectivity index (χ4n) is 1.40. The number of allylic oxidation sites excluding steroid dienone is 1. The van der Waals surface area contributed by atoms with E-state index >= 15 is 0 Å². The zero-order valence-corrected chi connectivity index (χ0v) is 9.61. The summed E-state index contributed by atoms with van der Waals surface area (Å²) in [5.41, 5.74) is 1.46. The summed E-state index contributed by atoms with van der Waals surface area (Å²) < 4.78 is 0. The van der Waals surface area contributed by atoms with Gasteiger partial charge in [0.15, 0.2) is 0 Å². The Hall–Kier alpha value is -0.260. The molecule has 0 heteroatoms. The molecule has 0 spiro atoms. The summed E-state index contributed by atoms with van der Waals surface area (Å²) in [5, 5.41) is 0. The lowest BCUT2D eigenvalue weighted by molar-refractivity contribution is 0.454. The normalized spacial score (nSPS) is 21.4. The van der Waals surface area contributed by atoms with E-state index in [9.17, 15) is 0 Å². The molecular weight excluding hydrogens is 144 g/mol. The summed E-state index contributed by atoms with van der Waals surface area (Å²) in [7, 11) is 0. The van der Waals surface area contributed by atoms with Gasteiger partial charge in [-0.05, 0) is 25.2 Å². The first kappa shape index (κ1) is 14.3. The summed E-state index contributed by atoms with van der Waals surface area (Å²) in [6, 6.07) is 0. The van der Waals surface area contributed by atoms with Gasteiger partial charge in [-0.1, -0.05) is 53.2 Å². The highest BCUT2D eigenvalue weighted by Gasteiger charge is 2.09. The Morgan fingerprint density at radius 3 is 1.92 bits per heavy atom. The SMILES string of the molecule is C=C1CCCC(C)C1.CC.CC. The van der Waals surface area contributed by atoms with Gasteiger partial charge in [0.2, 0.25) is 0 Å². The second-order valence-electron chi connectivity index (χ2n) is 2.95. The van der Waals surface area contributed by atoms with Gasteiger partial charge in [0.05, 0.1) is 0 Å². The summed E-state index contributed by atoms with van der Waals surface area (Å²) >= 11 is 0. The van der Waals surface area contributed by atoms with Gasteiger partial charge >= 0.3 is 0 Å². The van der Waals surface area contributed by atoms with Crippen molar-refractivity contribution in [1.29, 1.82) is 0 Å². The smallest absolute Gasteiger partial charge is 0.0297 e. The topological polar surface area (TPSA) is 0 Å². The third-order valence-electron chi connectivity index (χ3n) is 1.86. The van der Waals surface area contributed by atoms with E-state index in [0.717, 1.165) is 5.92 Å². The molecule has 1 saturated carbocycles. The number of hydrogen-bond acceptors (Lipinski definition) is 0. The zero-order chi connectivity index (χ0) is 9.98. The van der Waals surface area contributed by atoms with Gasteiger partial charge in [-0.15, -0.1) is 0 Å². The van der Waals surface area contributed by atoms with Crippen molar-refractivity contribution >= 4 is 0 Å². The molecule has 1 aliphatic rings. The van der Waals surface area contributed by atoms with Gasteiger partial charge in [-0.3, -0.25) is 0 Å². The van der Waals surface area contributed by atoms with Crippen LogP contribution >= 0.6 is 0 Å². The first-order valence-electron chi connectivity index (χ1n) is 5.45. The van der Waals surface area contributed by atoms with Crippen LogP contribution in [0.1, 0.15) is 60.3 Å². The Morgan fingerprint density at radius 2 is 1.67 bits per heavy atom. The minimum absolute atomic E-state index is 0.913. The molecule has 0 radical (unpaired) electrons. The van der Waals surface area contributed by atoms with E-state index in [4.69, 9.17) is 0 Å². The van der Waals surface area contributed by atoms with Crippen molar-refractivity contribution in [3.05, 3.63) is 12.2 Å². The van der Waals surface area contributed by atoms with Crippen molar-refractivity contribution in [2.75, 3.05) is 0 Å². The Labute approximate surface area is 79.1 Å². The quantitative estimate of drug-likeness (QED) is 0.458. The average molecular weight is 170 g/mol. The van der Waals surface area contributed by atoms with Gasteiger partial charge < -0.3 is 0 Å². The highest BCUT2D eigenvalue weighted by Crippen LogP contribution is 2.25. The van der Waals surface area contributed by atoms with Crippen LogP contribution in [0.5, 0.6) is 0 Å². The Balaban J connectivity index is 0. The van der Waals surface area contributed by atoms with Crippen molar-refractivity contribution < 1.29 is 0 Å². The van der Waals surface area contributed by atoms with Gasteiger partial charge in [-0.25, -0.2) is 0 Å². The molecule has 0 bridgehead atoms. The minimum atomic E-state index is 0.913. The van der Waals surface area contributed by atoms with Gasteiger partial charge in [-0.2, -0.15) is 0 Å². The molecule has 12 heavy (non-hydrogen) atoms. The van der Waals surface area contributed by atoms with Crippen molar-refractivity contribution in [2.45, 2.75) is 60.3 Å². The lowest BCUT2D eigenvalue weighted by Crippen LogP contribution is -2.02. The van der Waals surface area contributed by atoms with E-state index in [1.54, 1.807) is 0 Å². The molecule has 0 nitrogen and oxygen atoms in total. The van der Waals surface area contributed by atoms with Crippen LogP contribution in [0.25, 0.3) is 0 Å². The molecule has 74 valence electrons. The largest absolute Gasteiger partial charge is 0.0999 e. The van der Waals surface area contributed by atoms with Crippen molar-refractivity contribution in [3.8, 4) is 0 Å². The molecule has 1 atom stereocenters. The minimum Gasteiger partial charge on any atom is -0.0999 e. The highest BCUT2D eigenvalue weighted by molar-refractivity contribution is 4.98. The molecule has 1 rings (SSSR count). The maximum absolute atomic E-state index is 3.96. The summed E-state index contributed by atoms with van der Waals surface area (Å²) in [4.78, 5) is 0. The Kier molecular flexibility index (Phi) is 12.8. The van der Waals surface area contributed by atoms with Gasteiger partial charge in [0, 0.05) is 0 Å². The fourth-order valence-corrected chi connectivity index (χ4v) is 1.40. The van der Waals surface area contributed by atoms with Crippen molar-refractivity contribution in [1.82, 2.24) is 0 Å². The van der Waals surface area contributed by atoms with Crippen molar-refractivity contribution in [3.63, 3.8) is 0 Å². The molecule has 0 aromatic rings. The van der Waals surface area contributed by atoms with E-state index in [1.807, 2.05) is 27.7 Å². The van der Waals surface area contributed by atoms with E-state index in [-0.39, 0.29) is 0 Å². The van der Waals surface area contributed by atoms with Crippen LogP contribution in [-0.2, 0) is 0 Å². The molecule has 0 aromatic carbocycles. The molecule has 1 unspecified atom stereocenters. The molecule has 0 aliphatic heterocycles. The van der Waals surface area contributed by atoms with Crippen molar-refractivity contribution in [2.24, 2.45) is 5.92 Å². The molecule has 0 aromatic heterocycles. The Morgan fingerprint density at radius 1 is 1.17 bits per heavy atom. The molecule has 0 heterocycles. The van der Waals surface area contributed by atoms with E-state index in [1.165, 1.54) is 31.3 Å². The number of rotatable bonds is 0. The van der Waals surface area contributed by atoms with Crippen LogP contribution in [0.3, 0.4) is 0 Å². The second-order valence-corrected chi connectivity index (χ2v) is 2.95. The van der Waals surface area contributed by atoms with Gasteiger partial charge in [0.1, 0.15) is 0 Å². The van der Waals surface area contributed by atoms with Crippen LogP contribution in [0.2, 0.25) is 0 Å². The fraction of sp³-hybridized carbons (Fsp3) is 0.833. The summed E-state index contributed by atoms with van der Waals surface area (Å²) in [5.74, 6) is 0.913. The molecule has 0 N–H and O–H groups in total. The first-order valence-corrected chi connectivity index (χ1v) is 5.45. The number of hydrogen-bond donors (Lipinski definition) is 0. The standard InChI is InChI=1S/C8H14.2C2H6/c1-7-4-3-5-8(2)6-7;2*1-2/h8H,1,3-6H2,2H3;2*1-2H3. The van der Waals surface area contributed by atoms with Crippen LogP contribution in [0.15, 0.2) is 12.2 Å². The van der Waals surface area contributed by atoms with E-state index < -0.39 is 0 Å². The predicted octanol–water partition coefficient (Wildman–Crippen LogP) is 4.81. The van der Waals surface area contributed by atoms with E-state index in [2.05, 4.69) is 13.5 Å². The van der Waals surface area contributed by atoms with Crippen LogP contribution in [0.4, 0.5) is 0 Å². The maximum Gasteiger partial charge on any atom is -0.0297 e. The third-order valence-corrected chi connectivity index (χ3v) is 1.86. The zero-order valence-electron chi connectivity index (χ0n) is 9.61. The van der Waals surface area contributed by atoms with Crippen LogP contribution in [-0.4, -0.2) is 0 Å². The molecular formula is C12H26. The molecule has 0 amide bonds. The lowest BCUT2D eigenvalue weighted by Gasteiger charge is -2.18. The summed E-state index contributed by atoms with van der Waals surface area (Å²) in [6.07, 6.45) is 5.35. The van der Waals surface area contributed by atoms with Crippen LogP contribution in [0, 0.1) is 5.92 Å². The molecule has 0 saturated heterocycles. The Bertz CT molecular complexity index is 92.2. The second kappa shape index (κ2) is 10.7. The highest BCUT2D eigenvalue weighted by atomic mass is 14.1. The molecule has 1 fully saturated rings. The first-order chi connectivity index (χ1) is 5.79. The van der Waals surface area contributed by atoms with Gasteiger partial charge in [0.25, 0.3) is 0 Å². The monoisotopic (exact) mass is 170 g/mol. The maximum atomic E-state index is 3.96. The molecule has 1 aliphatic carbocycles. The summed E-state index contributed by atoms with van der Waals surface area (Å²) in [6.45, 7) is 14.3.